The van der Waals surface area contributed by atoms with Crippen LogP contribution in [0.25, 0.3) is 55.4 Å². The second-order valence-electron chi connectivity index (χ2n) is 12.6. The summed E-state index contributed by atoms with van der Waals surface area (Å²) in [5.41, 5.74) is 13.4. The van der Waals surface area contributed by atoms with Crippen LogP contribution in [0.3, 0.4) is 0 Å². The van der Waals surface area contributed by atoms with E-state index >= 15 is 0 Å². The first-order chi connectivity index (χ1) is 24.3. The van der Waals surface area contributed by atoms with Gasteiger partial charge in [0.2, 0.25) is 0 Å². The van der Waals surface area contributed by atoms with E-state index < -0.39 is 5.41 Å². The summed E-state index contributed by atoms with van der Waals surface area (Å²) in [6.07, 6.45) is 12.4. The zero-order valence-electron chi connectivity index (χ0n) is 27.0. The molecule has 0 bridgehead atoms. The van der Waals surface area contributed by atoms with Gasteiger partial charge in [-0.2, -0.15) is 0 Å². The molecule has 9 rings (SSSR count). The molecule has 0 radical (unpaired) electrons. The first kappa shape index (κ1) is 28.7. The van der Waals surface area contributed by atoms with E-state index in [0.29, 0.717) is 13.1 Å². The summed E-state index contributed by atoms with van der Waals surface area (Å²) in [7, 11) is 0. The lowest BCUT2D eigenvalue weighted by molar-refractivity contribution is 0.767. The molecule has 2 aromatic heterocycles. The van der Waals surface area contributed by atoms with Crippen molar-refractivity contribution >= 4 is 21.8 Å². The van der Waals surface area contributed by atoms with Crippen LogP contribution >= 0.6 is 0 Å². The number of benzene rings is 6. The highest BCUT2D eigenvalue weighted by atomic mass is 15.0. The van der Waals surface area contributed by atoms with Gasteiger partial charge in [0.15, 0.2) is 0 Å². The predicted octanol–water partition coefficient (Wildman–Crippen LogP) is 10.6. The van der Waals surface area contributed by atoms with Gasteiger partial charge in [0.25, 0.3) is 0 Å². The second kappa shape index (κ2) is 11.3. The number of aromatic nitrogens is 2. The van der Waals surface area contributed by atoms with Crippen molar-refractivity contribution in [1.82, 2.24) is 9.13 Å². The summed E-state index contributed by atoms with van der Waals surface area (Å²) in [6, 6.07) is 56.9. The third kappa shape index (κ3) is 3.99. The van der Waals surface area contributed by atoms with Crippen molar-refractivity contribution in [1.29, 1.82) is 0 Å². The quantitative estimate of drug-likeness (QED) is 0.163. The van der Waals surface area contributed by atoms with Gasteiger partial charge in [-0.1, -0.05) is 157 Å². The Labute approximate surface area is 286 Å². The molecule has 2 heterocycles. The van der Waals surface area contributed by atoms with E-state index in [1.165, 1.54) is 44.2 Å². The summed E-state index contributed by atoms with van der Waals surface area (Å²) in [6.45, 7) is 0.878. The van der Waals surface area contributed by atoms with E-state index in [1.54, 1.807) is 0 Å². The summed E-state index contributed by atoms with van der Waals surface area (Å²) < 4.78 is 4.68. The van der Waals surface area contributed by atoms with Gasteiger partial charge in [-0.05, 0) is 45.5 Å². The minimum absolute atomic E-state index is 0.439. The monoisotopic (exact) mass is 624 g/mol. The maximum atomic E-state index is 6.18. The molecule has 0 fully saturated rings. The number of fused-ring (bicyclic) bond motifs is 5. The summed E-state index contributed by atoms with van der Waals surface area (Å²) in [4.78, 5) is 0. The Morgan fingerprint density at radius 1 is 0.429 bits per heavy atom. The molecule has 1 aliphatic rings. The lowest BCUT2D eigenvalue weighted by Crippen LogP contribution is -2.30. The van der Waals surface area contributed by atoms with E-state index in [4.69, 9.17) is 12.8 Å². The molecule has 230 valence electrons. The Morgan fingerprint density at radius 2 is 0.796 bits per heavy atom. The molecular formula is C47H32N2. The molecule has 0 spiro atoms. The highest BCUT2D eigenvalue weighted by Gasteiger charge is 2.52. The van der Waals surface area contributed by atoms with Crippen LogP contribution < -0.4 is 0 Å². The van der Waals surface area contributed by atoms with Crippen molar-refractivity contribution in [2.75, 3.05) is 0 Å². The van der Waals surface area contributed by atoms with Crippen molar-refractivity contribution in [2.45, 2.75) is 18.5 Å². The van der Waals surface area contributed by atoms with E-state index in [0.717, 1.165) is 33.5 Å². The molecule has 0 saturated carbocycles. The van der Waals surface area contributed by atoms with Crippen LogP contribution in [0.5, 0.6) is 0 Å². The van der Waals surface area contributed by atoms with Gasteiger partial charge in [0.05, 0.1) is 29.9 Å². The van der Waals surface area contributed by atoms with Crippen LogP contribution in [0, 0.1) is 24.7 Å². The number of nitrogens with zero attached hydrogens (tertiary/aromatic N) is 2. The molecule has 6 aromatic carbocycles. The Hall–Kier alpha value is -6.48. The number of terminal acetylenes is 2. The average molecular weight is 625 g/mol. The minimum Gasteiger partial charge on any atom is -0.328 e. The molecule has 8 aromatic rings. The summed E-state index contributed by atoms with van der Waals surface area (Å²) in [5.74, 6) is 6.01. The van der Waals surface area contributed by atoms with Crippen molar-refractivity contribution in [3.8, 4) is 58.3 Å². The highest BCUT2D eigenvalue weighted by molar-refractivity contribution is 6.04. The minimum atomic E-state index is -0.748. The Kier molecular flexibility index (Phi) is 6.65. The molecule has 1 aliphatic carbocycles. The fourth-order valence-electron chi connectivity index (χ4n) is 8.57. The van der Waals surface area contributed by atoms with Gasteiger partial charge in [0.1, 0.15) is 0 Å². The fourth-order valence-corrected chi connectivity index (χ4v) is 8.57. The Balaban J connectivity index is 1.61. The molecule has 2 heteroatoms. The maximum Gasteiger partial charge on any atom is 0.0841 e. The zero-order valence-corrected chi connectivity index (χ0v) is 27.0. The van der Waals surface area contributed by atoms with E-state index in [-0.39, 0.29) is 0 Å². The van der Waals surface area contributed by atoms with E-state index in [2.05, 4.69) is 179 Å². The first-order valence-corrected chi connectivity index (χ1v) is 16.7. The molecule has 0 unspecified atom stereocenters. The third-order valence-corrected chi connectivity index (χ3v) is 10.2. The van der Waals surface area contributed by atoms with Crippen LogP contribution in [-0.2, 0) is 18.5 Å². The first-order valence-electron chi connectivity index (χ1n) is 16.7. The van der Waals surface area contributed by atoms with Gasteiger partial charge < -0.3 is 9.13 Å². The molecule has 0 atom stereocenters. The second-order valence-corrected chi connectivity index (χ2v) is 12.6. The zero-order chi connectivity index (χ0) is 33.0. The SMILES string of the molecule is C#CCn1c(-c2ccccc2)c(C2(c3c(-c4ccccc4)n(CC#C)c4ccccc34)c3ccccc3-c3ccccc32)c2ccccc21. The molecular weight excluding hydrogens is 593 g/mol. The topological polar surface area (TPSA) is 9.86 Å². The largest absolute Gasteiger partial charge is 0.328 e. The normalized spacial score (nSPS) is 12.8. The van der Waals surface area contributed by atoms with Gasteiger partial charge in [-0.15, -0.1) is 12.8 Å². The van der Waals surface area contributed by atoms with Crippen molar-refractivity contribution in [2.24, 2.45) is 0 Å². The standard InChI is InChI=1S/C47H32N2/c1-3-31-48-41-29-17-13-25-37(41)43(45(48)33-19-7-5-8-20-33)47(39-27-15-11-23-35(39)36-24-12-16-28-40(36)47)44-38-26-14-18-30-42(38)49(32-4-2)46(44)34-21-9-6-10-22-34/h1-2,5-30H,31-32H2. The number of para-hydroxylation sites is 2. The van der Waals surface area contributed by atoms with E-state index in [1.807, 2.05) is 0 Å². The number of hydrogen-bond acceptors (Lipinski definition) is 0. The van der Waals surface area contributed by atoms with Crippen molar-refractivity contribution in [3.05, 3.63) is 180 Å². The summed E-state index contributed by atoms with van der Waals surface area (Å²) in [5, 5.41) is 2.35. The van der Waals surface area contributed by atoms with Crippen molar-refractivity contribution in [3.63, 3.8) is 0 Å². The highest BCUT2D eigenvalue weighted by Crippen LogP contribution is 2.62. The predicted molar refractivity (Wildman–Crippen MR) is 203 cm³/mol. The Bertz CT molecular complexity index is 2430. The fraction of sp³-hybridized carbons (Fsp3) is 0.0638. The summed E-state index contributed by atoms with van der Waals surface area (Å²) >= 11 is 0. The molecule has 2 nitrogen and oxygen atoms in total. The van der Waals surface area contributed by atoms with E-state index in [9.17, 15) is 0 Å². The lowest BCUT2D eigenvalue weighted by Gasteiger charge is -2.35. The van der Waals surface area contributed by atoms with Crippen LogP contribution in [0.15, 0.2) is 158 Å². The Morgan fingerprint density at radius 3 is 1.22 bits per heavy atom. The molecule has 0 N–H and O–H groups in total. The smallest absolute Gasteiger partial charge is 0.0841 e. The van der Waals surface area contributed by atoms with Crippen LogP contribution in [-0.4, -0.2) is 9.13 Å². The lowest BCUT2D eigenvalue weighted by atomic mass is 9.65. The number of rotatable bonds is 6. The molecule has 49 heavy (non-hydrogen) atoms. The maximum absolute atomic E-state index is 6.18. The van der Waals surface area contributed by atoms with Gasteiger partial charge >= 0.3 is 0 Å². The average Bonchev–Trinajstić information content (AvgIpc) is 3.77. The molecule has 0 amide bonds. The van der Waals surface area contributed by atoms with Crippen LogP contribution in [0.2, 0.25) is 0 Å². The van der Waals surface area contributed by atoms with Crippen molar-refractivity contribution < 1.29 is 0 Å². The van der Waals surface area contributed by atoms with Crippen LogP contribution in [0.1, 0.15) is 22.3 Å². The van der Waals surface area contributed by atoms with Gasteiger partial charge in [-0.25, -0.2) is 0 Å². The van der Waals surface area contributed by atoms with Gasteiger partial charge in [-0.3, -0.25) is 0 Å². The number of hydrogen-bond donors (Lipinski definition) is 0. The third-order valence-electron chi connectivity index (χ3n) is 10.2. The van der Waals surface area contributed by atoms with Crippen LogP contribution in [0.4, 0.5) is 0 Å². The van der Waals surface area contributed by atoms with Gasteiger partial charge in [0, 0.05) is 32.9 Å². The molecule has 0 aliphatic heterocycles. The molecule has 0 saturated heterocycles.